The number of non-ortho nitro benzene ring substituents is 1. The second-order valence-electron chi connectivity index (χ2n) is 3.95. The molecule has 0 aromatic heterocycles. The number of nitrogens with zero attached hydrogens (tertiary/aromatic N) is 2. The summed E-state index contributed by atoms with van der Waals surface area (Å²) in [6, 6.07) is 3.97. The number of nitro benzene ring substituents is 1. The van der Waals surface area contributed by atoms with E-state index in [9.17, 15) is 14.9 Å². The Kier molecular flexibility index (Phi) is 4.33. The summed E-state index contributed by atoms with van der Waals surface area (Å²) < 4.78 is 5.64. The van der Waals surface area contributed by atoms with Gasteiger partial charge in [0.2, 0.25) is 0 Å². The van der Waals surface area contributed by atoms with Gasteiger partial charge in [0.25, 0.3) is 5.69 Å². The Morgan fingerprint density at radius 3 is 2.68 bits per heavy atom. The Hall–Kier alpha value is -1.67. The van der Waals surface area contributed by atoms with E-state index in [0.717, 1.165) is 0 Å². The summed E-state index contributed by atoms with van der Waals surface area (Å²) in [7, 11) is 0. The molecule has 0 atom stereocenters. The third-order valence-electron chi connectivity index (χ3n) is 2.70. The van der Waals surface area contributed by atoms with Crippen molar-refractivity contribution >= 4 is 33.3 Å². The molecule has 7 nitrogen and oxygen atoms in total. The average molecular weight is 330 g/mol. The zero-order chi connectivity index (χ0) is 13.8. The molecule has 0 unspecified atom stereocenters. The molecule has 2 rings (SSSR count). The zero-order valence-corrected chi connectivity index (χ0v) is 11.6. The average Bonchev–Trinajstić information content (AvgIpc) is 2.41. The Labute approximate surface area is 117 Å². The predicted molar refractivity (Wildman–Crippen MR) is 72.2 cm³/mol. The molecule has 19 heavy (non-hydrogen) atoms. The van der Waals surface area contributed by atoms with E-state index in [-0.39, 0.29) is 11.7 Å². The lowest BCUT2D eigenvalue weighted by Gasteiger charge is -2.27. The number of halogens is 1. The van der Waals surface area contributed by atoms with Crippen molar-refractivity contribution in [1.29, 1.82) is 0 Å². The van der Waals surface area contributed by atoms with Gasteiger partial charge in [-0.15, -0.1) is 0 Å². The molecule has 1 N–H and O–H groups in total. The summed E-state index contributed by atoms with van der Waals surface area (Å²) >= 11 is 3.21. The first-order valence-corrected chi connectivity index (χ1v) is 6.45. The molecule has 1 aromatic carbocycles. The van der Waals surface area contributed by atoms with E-state index in [0.29, 0.717) is 36.5 Å². The van der Waals surface area contributed by atoms with E-state index in [1.165, 1.54) is 18.2 Å². The van der Waals surface area contributed by atoms with Crippen LogP contribution < -0.4 is 5.32 Å². The number of nitrogens with one attached hydrogen (secondary N) is 1. The lowest BCUT2D eigenvalue weighted by Crippen LogP contribution is -2.43. The Balaban J connectivity index is 2.06. The summed E-state index contributed by atoms with van der Waals surface area (Å²) in [6.07, 6.45) is 0. The van der Waals surface area contributed by atoms with E-state index in [2.05, 4.69) is 21.2 Å². The SMILES string of the molecule is O=C(Nc1ccc([N+](=O)[O-])cc1Br)N1CCOCC1. The highest BCUT2D eigenvalue weighted by atomic mass is 79.9. The van der Waals surface area contributed by atoms with Crippen LogP contribution in [0.25, 0.3) is 0 Å². The van der Waals surface area contributed by atoms with E-state index in [1.807, 2.05) is 0 Å². The summed E-state index contributed by atoms with van der Waals surface area (Å²) in [6.45, 7) is 2.12. The van der Waals surface area contributed by atoms with Crippen LogP contribution >= 0.6 is 15.9 Å². The van der Waals surface area contributed by atoms with Crippen molar-refractivity contribution < 1.29 is 14.5 Å². The van der Waals surface area contributed by atoms with Crippen LogP contribution in [0.2, 0.25) is 0 Å². The van der Waals surface area contributed by atoms with Gasteiger partial charge in [0.1, 0.15) is 0 Å². The number of ether oxygens (including phenoxy) is 1. The van der Waals surface area contributed by atoms with Crippen LogP contribution in [0.15, 0.2) is 22.7 Å². The third-order valence-corrected chi connectivity index (χ3v) is 3.36. The highest BCUT2D eigenvalue weighted by Gasteiger charge is 2.18. The van der Waals surface area contributed by atoms with E-state index in [4.69, 9.17) is 4.74 Å². The molecule has 0 aliphatic carbocycles. The quantitative estimate of drug-likeness (QED) is 0.666. The fourth-order valence-electron chi connectivity index (χ4n) is 1.68. The Bertz CT molecular complexity index is 503. The molecule has 1 aliphatic heterocycles. The minimum Gasteiger partial charge on any atom is -0.378 e. The van der Waals surface area contributed by atoms with Crippen molar-refractivity contribution in [2.24, 2.45) is 0 Å². The van der Waals surface area contributed by atoms with Crippen LogP contribution in [0.1, 0.15) is 0 Å². The van der Waals surface area contributed by atoms with Gasteiger partial charge in [-0.25, -0.2) is 4.79 Å². The summed E-state index contributed by atoms with van der Waals surface area (Å²) in [5, 5.41) is 13.3. The molecule has 1 aliphatic rings. The number of hydrogen-bond donors (Lipinski definition) is 1. The second-order valence-corrected chi connectivity index (χ2v) is 4.81. The maximum atomic E-state index is 11.9. The third kappa shape index (κ3) is 3.42. The molecule has 0 bridgehead atoms. The van der Waals surface area contributed by atoms with Crippen molar-refractivity contribution in [2.75, 3.05) is 31.6 Å². The van der Waals surface area contributed by atoms with Crippen molar-refractivity contribution in [1.82, 2.24) is 4.90 Å². The lowest BCUT2D eigenvalue weighted by molar-refractivity contribution is -0.384. The fourth-order valence-corrected chi connectivity index (χ4v) is 2.15. The van der Waals surface area contributed by atoms with Crippen LogP contribution in [-0.2, 0) is 4.74 Å². The fraction of sp³-hybridized carbons (Fsp3) is 0.364. The van der Waals surface area contributed by atoms with Crippen molar-refractivity contribution in [3.05, 3.63) is 32.8 Å². The molecule has 0 saturated carbocycles. The summed E-state index contributed by atoms with van der Waals surface area (Å²) in [5.41, 5.74) is 0.471. The Morgan fingerprint density at radius 1 is 1.42 bits per heavy atom. The van der Waals surface area contributed by atoms with Crippen LogP contribution in [0, 0.1) is 10.1 Å². The second kappa shape index (κ2) is 5.98. The van der Waals surface area contributed by atoms with Crippen molar-refractivity contribution in [2.45, 2.75) is 0 Å². The number of rotatable bonds is 2. The molecule has 1 aromatic rings. The molecule has 8 heteroatoms. The van der Waals surface area contributed by atoms with Gasteiger partial charge in [-0.3, -0.25) is 10.1 Å². The highest BCUT2D eigenvalue weighted by molar-refractivity contribution is 9.10. The van der Waals surface area contributed by atoms with Gasteiger partial charge in [-0.1, -0.05) is 0 Å². The molecule has 1 saturated heterocycles. The zero-order valence-electron chi connectivity index (χ0n) is 9.97. The molecule has 1 heterocycles. The molecule has 102 valence electrons. The smallest absolute Gasteiger partial charge is 0.322 e. The monoisotopic (exact) mass is 329 g/mol. The van der Waals surface area contributed by atoms with E-state index >= 15 is 0 Å². The maximum absolute atomic E-state index is 11.9. The summed E-state index contributed by atoms with van der Waals surface area (Å²) in [5.74, 6) is 0. The number of benzene rings is 1. The number of hydrogen-bond acceptors (Lipinski definition) is 4. The topological polar surface area (TPSA) is 84.7 Å². The van der Waals surface area contributed by atoms with Crippen LogP contribution in [0.4, 0.5) is 16.2 Å². The van der Waals surface area contributed by atoms with Gasteiger partial charge in [-0.05, 0) is 22.0 Å². The molecular formula is C11H12BrN3O4. The lowest BCUT2D eigenvalue weighted by atomic mass is 10.3. The minimum atomic E-state index is -0.488. The van der Waals surface area contributed by atoms with E-state index in [1.54, 1.807) is 4.90 Å². The van der Waals surface area contributed by atoms with E-state index < -0.39 is 4.92 Å². The van der Waals surface area contributed by atoms with Gasteiger partial charge >= 0.3 is 6.03 Å². The summed E-state index contributed by atoms with van der Waals surface area (Å²) in [4.78, 5) is 23.7. The number of amides is 2. The van der Waals surface area contributed by atoms with Crippen LogP contribution in [0.3, 0.4) is 0 Å². The number of nitro groups is 1. The predicted octanol–water partition coefficient (Wildman–Crippen LogP) is 2.22. The first-order chi connectivity index (χ1) is 9.08. The molecular weight excluding hydrogens is 318 g/mol. The number of carbonyl (C=O) groups excluding carboxylic acids is 1. The number of carbonyl (C=O) groups is 1. The van der Waals surface area contributed by atoms with Gasteiger partial charge < -0.3 is 15.0 Å². The maximum Gasteiger partial charge on any atom is 0.322 e. The number of morpholine rings is 1. The van der Waals surface area contributed by atoms with Crippen LogP contribution in [-0.4, -0.2) is 42.2 Å². The molecule has 1 fully saturated rings. The van der Waals surface area contributed by atoms with Crippen LogP contribution in [0.5, 0.6) is 0 Å². The standard InChI is InChI=1S/C11H12BrN3O4/c12-9-7-8(15(17)18)1-2-10(9)13-11(16)14-3-5-19-6-4-14/h1-2,7H,3-6H2,(H,13,16). The largest absolute Gasteiger partial charge is 0.378 e. The Morgan fingerprint density at radius 2 is 2.11 bits per heavy atom. The minimum absolute atomic E-state index is 0.0313. The number of anilines is 1. The number of urea groups is 1. The first-order valence-electron chi connectivity index (χ1n) is 5.65. The van der Waals surface area contributed by atoms with Gasteiger partial charge in [0, 0.05) is 29.7 Å². The van der Waals surface area contributed by atoms with Gasteiger partial charge in [0.15, 0.2) is 0 Å². The first kappa shape index (κ1) is 13.8. The van der Waals surface area contributed by atoms with Crippen molar-refractivity contribution in [3.8, 4) is 0 Å². The van der Waals surface area contributed by atoms with Crippen molar-refractivity contribution in [3.63, 3.8) is 0 Å². The van der Waals surface area contributed by atoms with Gasteiger partial charge in [-0.2, -0.15) is 0 Å². The molecule has 0 spiro atoms. The normalized spacial score (nSPS) is 15.1. The highest BCUT2D eigenvalue weighted by Crippen LogP contribution is 2.27. The van der Waals surface area contributed by atoms with Gasteiger partial charge in [0.05, 0.1) is 23.8 Å². The molecule has 2 amide bonds. The molecule has 0 radical (unpaired) electrons.